The highest BCUT2D eigenvalue weighted by atomic mass is 16.3. The van der Waals surface area contributed by atoms with Crippen LogP contribution in [0.15, 0.2) is 12.2 Å². The van der Waals surface area contributed by atoms with E-state index in [-0.39, 0.29) is 12.5 Å². The molecular formula is C75H149NO3. The average molecular weight is 1110 g/mol. The van der Waals surface area contributed by atoms with Gasteiger partial charge in [-0.3, -0.25) is 4.79 Å². The molecule has 0 aliphatic carbocycles. The maximum absolute atomic E-state index is 12.6. The molecule has 0 saturated heterocycles. The monoisotopic (exact) mass is 1110 g/mol. The number of aliphatic hydroxyl groups excluding tert-OH is 2. The van der Waals surface area contributed by atoms with Gasteiger partial charge in [-0.1, -0.05) is 411 Å². The standard InChI is InChI=1S/C75H149NO3/c1-3-5-7-9-11-13-15-17-19-21-23-25-27-29-31-33-34-35-36-37-38-39-40-41-42-43-45-47-49-51-53-55-57-59-61-63-65-67-69-71-75(79)76-73(72-77)74(78)70-68-66-64-62-60-58-56-54-52-50-48-46-44-32-30-28-26-24-22-20-18-16-14-12-10-8-6-4-2/h21,23,73-74,77-78H,3-20,22,24-72H2,1-2H3,(H,76,79)/b23-21-. The minimum Gasteiger partial charge on any atom is -0.394 e. The summed E-state index contributed by atoms with van der Waals surface area (Å²) in [5.74, 6) is -0.0195. The first-order chi connectivity index (χ1) is 39.2. The topological polar surface area (TPSA) is 69.6 Å². The van der Waals surface area contributed by atoms with E-state index in [1.807, 2.05) is 0 Å². The van der Waals surface area contributed by atoms with Crippen LogP contribution < -0.4 is 5.32 Å². The Morgan fingerprint density at radius 2 is 0.481 bits per heavy atom. The third-order valence-corrected chi connectivity index (χ3v) is 18.0. The second-order valence-electron chi connectivity index (χ2n) is 26.1. The number of carbonyl (C=O) groups excluding carboxylic acids is 1. The van der Waals surface area contributed by atoms with Gasteiger partial charge in [0.15, 0.2) is 0 Å². The lowest BCUT2D eigenvalue weighted by atomic mass is 10.0. The van der Waals surface area contributed by atoms with Crippen LogP contribution in [0.1, 0.15) is 444 Å². The number of hydrogen-bond acceptors (Lipinski definition) is 3. The van der Waals surface area contributed by atoms with Crippen molar-refractivity contribution in [3.63, 3.8) is 0 Å². The first-order valence-corrected chi connectivity index (χ1v) is 37.4. The van der Waals surface area contributed by atoms with Gasteiger partial charge in [-0.2, -0.15) is 0 Å². The van der Waals surface area contributed by atoms with Crippen LogP contribution in [-0.2, 0) is 4.79 Å². The molecule has 1 amide bonds. The van der Waals surface area contributed by atoms with Gasteiger partial charge in [0.25, 0.3) is 0 Å². The van der Waals surface area contributed by atoms with Crippen molar-refractivity contribution in [2.45, 2.75) is 456 Å². The average Bonchev–Trinajstić information content (AvgIpc) is 3.45. The van der Waals surface area contributed by atoms with Gasteiger partial charge in [0.2, 0.25) is 5.91 Å². The van der Waals surface area contributed by atoms with Crippen molar-refractivity contribution in [2.24, 2.45) is 0 Å². The van der Waals surface area contributed by atoms with Crippen LogP contribution in [0.2, 0.25) is 0 Å². The highest BCUT2D eigenvalue weighted by Gasteiger charge is 2.20. The zero-order chi connectivity index (χ0) is 56.9. The summed E-state index contributed by atoms with van der Waals surface area (Å²) in [6.07, 6.45) is 95.9. The van der Waals surface area contributed by atoms with Crippen molar-refractivity contribution in [3.8, 4) is 0 Å². The first kappa shape index (κ1) is 78.1. The Kier molecular flexibility index (Phi) is 70.6. The molecule has 0 spiro atoms. The molecule has 2 atom stereocenters. The number of nitrogens with one attached hydrogen (secondary N) is 1. The molecule has 0 aromatic carbocycles. The van der Waals surface area contributed by atoms with Crippen LogP contribution in [0.25, 0.3) is 0 Å². The Labute approximate surface area is 498 Å². The number of allylic oxidation sites excluding steroid dienone is 2. The van der Waals surface area contributed by atoms with Crippen LogP contribution in [0.3, 0.4) is 0 Å². The molecule has 0 saturated carbocycles. The number of aliphatic hydroxyl groups is 2. The molecule has 0 fully saturated rings. The Morgan fingerprint density at radius 3 is 0.696 bits per heavy atom. The Hall–Kier alpha value is -0.870. The highest BCUT2D eigenvalue weighted by molar-refractivity contribution is 5.76. The van der Waals surface area contributed by atoms with Crippen LogP contribution in [0, 0.1) is 0 Å². The molecule has 0 aliphatic rings. The lowest BCUT2D eigenvalue weighted by Crippen LogP contribution is -2.45. The van der Waals surface area contributed by atoms with E-state index < -0.39 is 12.1 Å². The van der Waals surface area contributed by atoms with Crippen LogP contribution in [0.5, 0.6) is 0 Å². The molecule has 2 unspecified atom stereocenters. The normalized spacial score (nSPS) is 12.6. The van der Waals surface area contributed by atoms with Gasteiger partial charge in [-0.25, -0.2) is 0 Å². The molecule has 472 valence electrons. The van der Waals surface area contributed by atoms with Crippen molar-refractivity contribution in [1.29, 1.82) is 0 Å². The van der Waals surface area contributed by atoms with Crippen molar-refractivity contribution in [3.05, 3.63) is 12.2 Å². The third kappa shape index (κ3) is 67.8. The Morgan fingerprint density at radius 1 is 0.291 bits per heavy atom. The molecule has 4 heteroatoms. The third-order valence-electron chi connectivity index (χ3n) is 18.0. The predicted octanol–water partition coefficient (Wildman–Crippen LogP) is 25.6. The van der Waals surface area contributed by atoms with Gasteiger partial charge >= 0.3 is 0 Å². The van der Waals surface area contributed by atoms with Gasteiger partial charge < -0.3 is 15.5 Å². The molecule has 0 aromatic rings. The maximum Gasteiger partial charge on any atom is 0.220 e. The minimum absolute atomic E-state index is 0.0195. The summed E-state index contributed by atoms with van der Waals surface area (Å²) in [6, 6.07) is -0.534. The molecular weight excluding hydrogens is 963 g/mol. The van der Waals surface area contributed by atoms with E-state index in [0.29, 0.717) is 12.8 Å². The molecule has 4 nitrogen and oxygen atoms in total. The molecule has 0 heterocycles. The molecule has 0 aliphatic heterocycles. The minimum atomic E-state index is -0.658. The van der Waals surface area contributed by atoms with Gasteiger partial charge in [-0.05, 0) is 38.5 Å². The first-order valence-electron chi connectivity index (χ1n) is 37.4. The zero-order valence-corrected chi connectivity index (χ0v) is 54.7. The fourth-order valence-corrected chi connectivity index (χ4v) is 12.4. The molecule has 0 radical (unpaired) electrons. The number of amides is 1. The van der Waals surface area contributed by atoms with E-state index in [9.17, 15) is 15.0 Å². The number of rotatable bonds is 71. The molecule has 0 aromatic heterocycles. The van der Waals surface area contributed by atoms with Gasteiger partial charge in [-0.15, -0.1) is 0 Å². The summed E-state index contributed by atoms with van der Waals surface area (Å²) in [5.41, 5.74) is 0. The van der Waals surface area contributed by atoms with Crippen molar-refractivity contribution in [2.75, 3.05) is 6.61 Å². The van der Waals surface area contributed by atoms with Gasteiger partial charge in [0, 0.05) is 6.42 Å². The Balaban J connectivity index is 3.34. The largest absolute Gasteiger partial charge is 0.394 e. The van der Waals surface area contributed by atoms with Crippen LogP contribution in [-0.4, -0.2) is 34.9 Å². The second kappa shape index (κ2) is 71.4. The van der Waals surface area contributed by atoms with E-state index in [1.165, 1.54) is 392 Å². The quantitative estimate of drug-likeness (QED) is 0.0420. The van der Waals surface area contributed by atoms with E-state index in [1.54, 1.807) is 0 Å². The van der Waals surface area contributed by atoms with E-state index in [4.69, 9.17) is 0 Å². The lowest BCUT2D eigenvalue weighted by molar-refractivity contribution is -0.123. The maximum atomic E-state index is 12.6. The summed E-state index contributed by atoms with van der Waals surface area (Å²) in [6.45, 7) is 4.42. The summed E-state index contributed by atoms with van der Waals surface area (Å²) >= 11 is 0. The highest BCUT2D eigenvalue weighted by Crippen LogP contribution is 2.20. The van der Waals surface area contributed by atoms with Crippen molar-refractivity contribution >= 4 is 5.91 Å². The summed E-state index contributed by atoms with van der Waals surface area (Å²) in [4.78, 5) is 12.6. The SMILES string of the molecule is CCCCCCCCCC/C=C\CCCCCCCCCCCCCCCCCCCCCCCCCCCCCC(=O)NC(CO)C(O)CCCCCCCCCCCCCCCCCCCCCCCCCCCCCC. The van der Waals surface area contributed by atoms with Crippen LogP contribution in [0.4, 0.5) is 0 Å². The van der Waals surface area contributed by atoms with Crippen LogP contribution >= 0.6 is 0 Å². The predicted molar refractivity (Wildman–Crippen MR) is 355 cm³/mol. The summed E-state index contributed by atoms with van der Waals surface area (Å²) < 4.78 is 0. The van der Waals surface area contributed by atoms with Gasteiger partial charge in [0.05, 0.1) is 18.8 Å². The molecule has 0 rings (SSSR count). The summed E-state index contributed by atoms with van der Waals surface area (Å²) in [7, 11) is 0. The summed E-state index contributed by atoms with van der Waals surface area (Å²) in [5, 5.41) is 23.5. The lowest BCUT2D eigenvalue weighted by Gasteiger charge is -2.22. The molecule has 3 N–H and O–H groups in total. The second-order valence-corrected chi connectivity index (χ2v) is 26.1. The fourth-order valence-electron chi connectivity index (χ4n) is 12.4. The van der Waals surface area contributed by atoms with E-state index in [2.05, 4.69) is 31.3 Å². The number of carbonyl (C=O) groups is 1. The Bertz CT molecular complexity index is 1120. The van der Waals surface area contributed by atoms with Crippen molar-refractivity contribution < 1.29 is 15.0 Å². The van der Waals surface area contributed by atoms with E-state index in [0.717, 1.165) is 25.7 Å². The van der Waals surface area contributed by atoms with Crippen molar-refractivity contribution in [1.82, 2.24) is 5.32 Å². The number of unbranched alkanes of at least 4 members (excludes halogenated alkanes) is 62. The zero-order valence-electron chi connectivity index (χ0n) is 54.7. The van der Waals surface area contributed by atoms with Gasteiger partial charge in [0.1, 0.15) is 0 Å². The smallest absolute Gasteiger partial charge is 0.220 e. The fraction of sp³-hybridized carbons (Fsp3) is 0.960. The molecule has 79 heavy (non-hydrogen) atoms. The number of hydrogen-bond donors (Lipinski definition) is 3. The molecule has 0 bridgehead atoms. The van der Waals surface area contributed by atoms with E-state index >= 15 is 0 Å².